The Morgan fingerprint density at radius 3 is 2.49 bits per heavy atom. The van der Waals surface area contributed by atoms with Crippen LogP contribution in [0.1, 0.15) is 64.2 Å². The molecule has 12 heteroatoms. The van der Waals surface area contributed by atoms with Gasteiger partial charge in [0.25, 0.3) is 5.91 Å². The Morgan fingerprint density at radius 1 is 1.18 bits per heavy atom. The molecule has 3 heterocycles. The van der Waals surface area contributed by atoms with Crippen molar-refractivity contribution < 1.29 is 27.9 Å². The number of aromatic carboxylic acids is 1. The van der Waals surface area contributed by atoms with Crippen molar-refractivity contribution in [2.75, 3.05) is 5.32 Å². The maximum atomic E-state index is 14.0. The third-order valence-corrected chi connectivity index (χ3v) is 8.94. The van der Waals surface area contributed by atoms with E-state index in [0.717, 1.165) is 17.4 Å². The van der Waals surface area contributed by atoms with Crippen molar-refractivity contribution in [1.29, 1.82) is 0 Å². The maximum absolute atomic E-state index is 14.0. The van der Waals surface area contributed by atoms with Gasteiger partial charge in [0.05, 0.1) is 15.7 Å². The number of anilines is 1. The molecule has 3 aromatic heterocycles. The number of carbonyl (C=O) groups is 2. The largest absolute Gasteiger partial charge is 0.478 e. The first kappa shape index (κ1) is 27.3. The quantitative estimate of drug-likeness (QED) is 0.249. The number of alkyl halides is 3. The number of benzene rings is 1. The summed E-state index contributed by atoms with van der Waals surface area (Å²) in [6.45, 7) is 6.43. The van der Waals surface area contributed by atoms with Gasteiger partial charge in [0.2, 0.25) is 0 Å². The molecule has 204 valence electrons. The number of fused-ring (bicyclic) bond motifs is 2. The lowest BCUT2D eigenvalue weighted by molar-refractivity contribution is -0.142. The number of halogens is 4. The Kier molecular flexibility index (Phi) is 6.82. The van der Waals surface area contributed by atoms with Crippen molar-refractivity contribution in [2.24, 2.45) is 11.3 Å². The van der Waals surface area contributed by atoms with Gasteiger partial charge in [-0.05, 0) is 58.2 Å². The average Bonchev–Trinajstić information content (AvgIpc) is 3.39. The van der Waals surface area contributed by atoms with Crippen LogP contribution in [0, 0.1) is 11.3 Å². The Labute approximate surface area is 234 Å². The second-order valence-electron chi connectivity index (χ2n) is 10.6. The first-order chi connectivity index (χ1) is 18.3. The average molecular weight is 621 g/mol. The highest BCUT2D eigenvalue weighted by Gasteiger charge is 2.38. The summed E-state index contributed by atoms with van der Waals surface area (Å²) in [5, 5.41) is 16.6. The number of carboxylic acid groups (broad SMARTS) is 1. The molecule has 1 aliphatic rings. The molecule has 1 aliphatic carbocycles. The summed E-state index contributed by atoms with van der Waals surface area (Å²) in [5.74, 6) is -1.65. The molecular weight excluding hydrogens is 597 g/mol. The lowest BCUT2D eigenvalue weighted by Gasteiger charge is -2.33. The minimum Gasteiger partial charge on any atom is -0.478 e. The molecule has 0 aliphatic heterocycles. The van der Waals surface area contributed by atoms with E-state index in [4.69, 9.17) is 0 Å². The number of hydrogen-bond acceptors (Lipinski definition) is 5. The van der Waals surface area contributed by atoms with Gasteiger partial charge in [0.1, 0.15) is 5.00 Å². The molecule has 0 bridgehead atoms. The van der Waals surface area contributed by atoms with Crippen molar-refractivity contribution in [3.05, 3.63) is 68.3 Å². The van der Waals surface area contributed by atoms with Crippen LogP contribution in [-0.4, -0.2) is 31.6 Å². The molecule has 1 atom stereocenters. The summed E-state index contributed by atoms with van der Waals surface area (Å²) in [7, 11) is 0. The van der Waals surface area contributed by atoms with Crippen LogP contribution in [0.4, 0.5) is 18.2 Å². The number of thiophene rings is 1. The highest BCUT2D eigenvalue weighted by Crippen LogP contribution is 2.44. The molecule has 0 fully saturated rings. The molecule has 5 rings (SSSR count). The summed E-state index contributed by atoms with van der Waals surface area (Å²) < 4.78 is 42.6. The minimum absolute atomic E-state index is 0.0241. The fraction of sp³-hybridized carbons (Fsp3) is 0.333. The molecule has 1 amide bonds. The number of nitrogens with one attached hydrogen (secondary N) is 1. The third-order valence-electron chi connectivity index (χ3n) is 7.04. The van der Waals surface area contributed by atoms with Crippen LogP contribution in [0.5, 0.6) is 0 Å². The second kappa shape index (κ2) is 9.74. The molecule has 0 saturated heterocycles. The fourth-order valence-corrected chi connectivity index (χ4v) is 6.73. The second-order valence-corrected chi connectivity index (χ2v) is 12.5. The SMILES string of the molecule is CC(C)(C)C1CCc2c(sc(NC(=O)c3nn4c(C(F)(F)F)cc(-c5ccccc5)nc4c3Br)c2C(=O)O)C1. The topological polar surface area (TPSA) is 96.6 Å². The molecule has 39 heavy (non-hydrogen) atoms. The van der Waals surface area contributed by atoms with Crippen molar-refractivity contribution in [2.45, 2.75) is 46.2 Å². The van der Waals surface area contributed by atoms with Crippen LogP contribution in [-0.2, 0) is 19.0 Å². The van der Waals surface area contributed by atoms with Crippen LogP contribution >= 0.6 is 27.3 Å². The Morgan fingerprint density at radius 2 is 1.87 bits per heavy atom. The molecule has 1 aromatic carbocycles. The lowest BCUT2D eigenvalue weighted by atomic mass is 9.72. The van der Waals surface area contributed by atoms with E-state index in [9.17, 15) is 27.9 Å². The summed E-state index contributed by atoms with van der Waals surface area (Å²) in [4.78, 5) is 30.7. The van der Waals surface area contributed by atoms with Crippen LogP contribution < -0.4 is 5.32 Å². The monoisotopic (exact) mass is 620 g/mol. The molecule has 4 aromatic rings. The van der Waals surface area contributed by atoms with Gasteiger partial charge >= 0.3 is 12.1 Å². The van der Waals surface area contributed by atoms with Crippen LogP contribution in [0.3, 0.4) is 0 Å². The standard InChI is InChI=1S/C27H24BrF3N4O3S/c1-26(2,3)14-9-10-15-17(11-14)39-24(19(15)25(37)38)33-23(36)21-20(28)22-32-16(13-7-5-4-6-8-13)12-18(27(29,30)31)35(22)34-21/h4-8,12,14H,9-11H2,1-3H3,(H,33,36)(H,37,38). The number of nitrogens with zero attached hydrogens (tertiary/aromatic N) is 3. The van der Waals surface area contributed by atoms with Crippen molar-refractivity contribution in [3.8, 4) is 11.3 Å². The first-order valence-corrected chi connectivity index (χ1v) is 13.8. The zero-order valence-electron chi connectivity index (χ0n) is 21.2. The molecule has 2 N–H and O–H groups in total. The van der Waals surface area contributed by atoms with E-state index in [1.54, 1.807) is 30.3 Å². The highest BCUT2D eigenvalue weighted by atomic mass is 79.9. The van der Waals surface area contributed by atoms with Gasteiger partial charge in [0, 0.05) is 10.4 Å². The van der Waals surface area contributed by atoms with E-state index in [1.807, 2.05) is 0 Å². The van der Waals surface area contributed by atoms with E-state index in [1.165, 1.54) is 11.3 Å². The van der Waals surface area contributed by atoms with Crippen LogP contribution in [0.25, 0.3) is 16.9 Å². The highest BCUT2D eigenvalue weighted by molar-refractivity contribution is 9.10. The maximum Gasteiger partial charge on any atom is 0.433 e. The van der Waals surface area contributed by atoms with E-state index >= 15 is 0 Å². The Balaban J connectivity index is 1.56. The summed E-state index contributed by atoms with van der Waals surface area (Å²) >= 11 is 4.42. The zero-order chi connectivity index (χ0) is 28.3. The van der Waals surface area contributed by atoms with Crippen LogP contribution in [0.15, 0.2) is 40.9 Å². The van der Waals surface area contributed by atoms with Crippen LogP contribution in [0.2, 0.25) is 0 Å². The van der Waals surface area contributed by atoms with Gasteiger partial charge in [-0.1, -0.05) is 51.1 Å². The molecule has 0 saturated carbocycles. The van der Waals surface area contributed by atoms with Gasteiger partial charge in [0.15, 0.2) is 17.0 Å². The number of amides is 1. The number of carboxylic acids is 1. The number of rotatable bonds is 4. The van der Waals surface area contributed by atoms with Gasteiger partial charge in [-0.25, -0.2) is 14.3 Å². The summed E-state index contributed by atoms with van der Waals surface area (Å²) in [6.07, 6.45) is -2.69. The van der Waals surface area contributed by atoms with Crippen molar-refractivity contribution in [3.63, 3.8) is 0 Å². The number of carbonyl (C=O) groups excluding carboxylic acids is 1. The van der Waals surface area contributed by atoms with E-state index in [2.05, 4.69) is 52.1 Å². The van der Waals surface area contributed by atoms with Crippen molar-refractivity contribution >= 4 is 49.8 Å². The molecule has 7 nitrogen and oxygen atoms in total. The lowest BCUT2D eigenvalue weighted by Crippen LogP contribution is -2.26. The summed E-state index contributed by atoms with van der Waals surface area (Å²) in [6, 6.07) is 9.25. The third kappa shape index (κ3) is 5.07. The van der Waals surface area contributed by atoms with E-state index in [0.29, 0.717) is 34.4 Å². The normalized spacial score (nSPS) is 15.8. The molecule has 1 unspecified atom stereocenters. The van der Waals surface area contributed by atoms with E-state index < -0.39 is 23.7 Å². The number of aromatic nitrogens is 3. The predicted octanol–water partition coefficient (Wildman–Crippen LogP) is 7.34. The van der Waals surface area contributed by atoms with Gasteiger partial charge in [-0.3, -0.25) is 4.79 Å². The van der Waals surface area contributed by atoms with Gasteiger partial charge in [-0.15, -0.1) is 11.3 Å². The number of hydrogen-bond donors (Lipinski definition) is 2. The van der Waals surface area contributed by atoms with Gasteiger partial charge in [-0.2, -0.15) is 18.3 Å². The molecule has 0 radical (unpaired) electrons. The smallest absolute Gasteiger partial charge is 0.433 e. The predicted molar refractivity (Wildman–Crippen MR) is 145 cm³/mol. The zero-order valence-corrected chi connectivity index (χ0v) is 23.6. The minimum atomic E-state index is -4.78. The first-order valence-electron chi connectivity index (χ1n) is 12.2. The Hall–Kier alpha value is -3.25. The molecule has 0 spiro atoms. The van der Waals surface area contributed by atoms with E-state index in [-0.39, 0.29) is 37.5 Å². The summed E-state index contributed by atoms with van der Waals surface area (Å²) in [5.41, 5.74) is -0.334. The fourth-order valence-electron chi connectivity index (χ4n) is 4.90. The van der Waals surface area contributed by atoms with Crippen molar-refractivity contribution in [1.82, 2.24) is 14.6 Å². The molecular formula is C27H24BrF3N4O3S. The Bertz CT molecular complexity index is 1610. The van der Waals surface area contributed by atoms with Gasteiger partial charge < -0.3 is 10.4 Å².